The number of nitrogens with one attached hydrogen (secondary N) is 1. The Morgan fingerprint density at radius 3 is 2.92 bits per heavy atom. The molecule has 0 bridgehead atoms. The third kappa shape index (κ3) is 2.91. The van der Waals surface area contributed by atoms with Crippen molar-refractivity contribution in [3.8, 4) is 0 Å². The monoisotopic (exact) mass is 187 g/mol. The van der Waals surface area contributed by atoms with Gasteiger partial charge in [-0.2, -0.15) is 0 Å². The number of nitrogens with zero attached hydrogens (tertiary/aromatic N) is 1. The van der Waals surface area contributed by atoms with Crippen LogP contribution < -0.4 is 11.3 Å². The number of hydrogen-bond acceptors (Lipinski definition) is 4. The predicted octanol–water partition coefficient (Wildman–Crippen LogP) is -0.0510. The maximum atomic E-state index is 5.67. The first-order valence-corrected chi connectivity index (χ1v) is 5.11. The number of rotatable bonds is 4. The Morgan fingerprint density at radius 1 is 1.62 bits per heavy atom. The molecule has 1 rings (SSSR count). The van der Waals surface area contributed by atoms with Gasteiger partial charge in [0.1, 0.15) is 0 Å². The molecule has 0 aliphatic carbocycles. The van der Waals surface area contributed by atoms with Gasteiger partial charge in [0.05, 0.1) is 12.7 Å². The molecule has 4 nitrogen and oxygen atoms in total. The molecule has 4 heteroatoms. The summed E-state index contributed by atoms with van der Waals surface area (Å²) in [6.45, 7) is 8.28. The van der Waals surface area contributed by atoms with E-state index >= 15 is 0 Å². The minimum absolute atomic E-state index is 0.253. The van der Waals surface area contributed by atoms with E-state index in [2.05, 4.69) is 24.2 Å². The fraction of sp³-hybridized carbons (Fsp3) is 1.00. The Hall–Kier alpha value is -0.160. The molecule has 1 aliphatic heterocycles. The van der Waals surface area contributed by atoms with Gasteiger partial charge >= 0.3 is 0 Å². The van der Waals surface area contributed by atoms with Crippen molar-refractivity contribution >= 4 is 0 Å². The number of morpholine rings is 1. The van der Waals surface area contributed by atoms with E-state index in [1.54, 1.807) is 0 Å². The first-order valence-electron chi connectivity index (χ1n) is 5.11. The van der Waals surface area contributed by atoms with Crippen molar-refractivity contribution < 1.29 is 4.74 Å². The lowest BCUT2D eigenvalue weighted by molar-refractivity contribution is -0.0454. The van der Waals surface area contributed by atoms with Gasteiger partial charge in [0.15, 0.2) is 0 Å². The molecule has 0 aromatic heterocycles. The third-order valence-corrected chi connectivity index (χ3v) is 2.73. The van der Waals surface area contributed by atoms with E-state index in [4.69, 9.17) is 10.6 Å². The normalized spacial score (nSPS) is 27.5. The highest BCUT2D eigenvalue weighted by Gasteiger charge is 2.25. The Morgan fingerprint density at radius 2 is 2.38 bits per heavy atom. The van der Waals surface area contributed by atoms with Gasteiger partial charge in [0, 0.05) is 19.1 Å². The van der Waals surface area contributed by atoms with Crippen molar-refractivity contribution in [3.05, 3.63) is 0 Å². The topological polar surface area (TPSA) is 50.5 Å². The van der Waals surface area contributed by atoms with Crippen LogP contribution in [0.15, 0.2) is 0 Å². The quantitative estimate of drug-likeness (QED) is 0.478. The molecule has 0 aromatic rings. The highest BCUT2D eigenvalue weighted by atomic mass is 16.5. The molecule has 13 heavy (non-hydrogen) atoms. The second-order valence-corrected chi connectivity index (χ2v) is 3.48. The molecule has 2 unspecified atom stereocenters. The average Bonchev–Trinajstić information content (AvgIpc) is 2.20. The van der Waals surface area contributed by atoms with Gasteiger partial charge in [-0.3, -0.25) is 16.2 Å². The number of hydrazine groups is 1. The van der Waals surface area contributed by atoms with E-state index in [9.17, 15) is 0 Å². The zero-order valence-corrected chi connectivity index (χ0v) is 8.62. The van der Waals surface area contributed by atoms with Crippen LogP contribution >= 0.6 is 0 Å². The highest BCUT2D eigenvalue weighted by Crippen LogP contribution is 2.10. The van der Waals surface area contributed by atoms with Crippen molar-refractivity contribution in [2.45, 2.75) is 32.4 Å². The second kappa shape index (κ2) is 5.54. The zero-order valence-electron chi connectivity index (χ0n) is 8.62. The molecule has 0 spiro atoms. The van der Waals surface area contributed by atoms with Crippen LogP contribution in [0.5, 0.6) is 0 Å². The maximum Gasteiger partial charge on any atom is 0.0868 e. The SMILES string of the molecule is CCC(NN)C1CN(CC)CCO1. The molecule has 3 N–H and O–H groups in total. The Balaban J connectivity index is 2.40. The van der Waals surface area contributed by atoms with Crippen molar-refractivity contribution in [1.82, 2.24) is 10.3 Å². The summed E-state index contributed by atoms with van der Waals surface area (Å²) in [5.74, 6) is 5.45. The lowest BCUT2D eigenvalue weighted by Crippen LogP contribution is -2.53. The van der Waals surface area contributed by atoms with E-state index in [0.29, 0.717) is 0 Å². The number of nitrogens with two attached hydrogens (primary N) is 1. The van der Waals surface area contributed by atoms with Crippen molar-refractivity contribution in [2.75, 3.05) is 26.2 Å². The first-order chi connectivity index (χ1) is 6.31. The van der Waals surface area contributed by atoms with Crippen LogP contribution in [0.3, 0.4) is 0 Å². The molecular weight excluding hydrogens is 166 g/mol. The van der Waals surface area contributed by atoms with Gasteiger partial charge in [-0.05, 0) is 13.0 Å². The molecule has 2 atom stereocenters. The molecule has 0 aromatic carbocycles. The molecule has 0 amide bonds. The average molecular weight is 187 g/mol. The minimum Gasteiger partial charge on any atom is -0.374 e. The third-order valence-electron chi connectivity index (χ3n) is 2.73. The summed E-state index contributed by atoms with van der Waals surface area (Å²) in [4.78, 5) is 2.40. The lowest BCUT2D eigenvalue weighted by atomic mass is 10.1. The van der Waals surface area contributed by atoms with E-state index in [1.807, 2.05) is 0 Å². The maximum absolute atomic E-state index is 5.67. The van der Waals surface area contributed by atoms with Gasteiger partial charge in [-0.1, -0.05) is 13.8 Å². The summed E-state index contributed by atoms with van der Waals surface area (Å²) < 4.78 is 5.67. The molecule has 1 heterocycles. The Kier molecular flexibility index (Phi) is 4.66. The lowest BCUT2D eigenvalue weighted by Gasteiger charge is -2.35. The smallest absolute Gasteiger partial charge is 0.0868 e. The Labute approximate surface area is 80.4 Å². The fourth-order valence-electron chi connectivity index (χ4n) is 1.75. The number of hydrogen-bond donors (Lipinski definition) is 2. The standard InChI is InChI=1S/C9H21N3O/c1-3-8(11-10)9-7-12(4-2)5-6-13-9/h8-9,11H,3-7,10H2,1-2H3. The van der Waals surface area contributed by atoms with E-state index in [-0.39, 0.29) is 12.1 Å². The van der Waals surface area contributed by atoms with Crippen LogP contribution in [0, 0.1) is 0 Å². The van der Waals surface area contributed by atoms with Gasteiger partial charge in [-0.25, -0.2) is 0 Å². The summed E-state index contributed by atoms with van der Waals surface area (Å²) in [6.07, 6.45) is 1.27. The Bertz CT molecular complexity index is 139. The zero-order chi connectivity index (χ0) is 9.68. The van der Waals surface area contributed by atoms with Crippen LogP contribution in [0.1, 0.15) is 20.3 Å². The van der Waals surface area contributed by atoms with E-state index in [0.717, 1.165) is 32.7 Å². The van der Waals surface area contributed by atoms with Crippen LogP contribution in [-0.2, 0) is 4.74 Å². The van der Waals surface area contributed by atoms with Crippen molar-refractivity contribution in [2.24, 2.45) is 5.84 Å². The van der Waals surface area contributed by atoms with Gasteiger partial charge < -0.3 is 4.74 Å². The predicted molar refractivity (Wildman–Crippen MR) is 53.3 cm³/mol. The summed E-state index contributed by atoms with van der Waals surface area (Å²) >= 11 is 0. The highest BCUT2D eigenvalue weighted by molar-refractivity contribution is 4.80. The van der Waals surface area contributed by atoms with Crippen molar-refractivity contribution in [1.29, 1.82) is 0 Å². The van der Waals surface area contributed by atoms with Crippen LogP contribution in [0.4, 0.5) is 0 Å². The fourth-order valence-corrected chi connectivity index (χ4v) is 1.75. The van der Waals surface area contributed by atoms with Crippen LogP contribution in [-0.4, -0.2) is 43.3 Å². The van der Waals surface area contributed by atoms with Gasteiger partial charge in [0.25, 0.3) is 0 Å². The van der Waals surface area contributed by atoms with Crippen molar-refractivity contribution in [3.63, 3.8) is 0 Å². The minimum atomic E-state index is 0.253. The summed E-state index contributed by atoms with van der Waals surface area (Å²) in [7, 11) is 0. The van der Waals surface area contributed by atoms with Crippen LogP contribution in [0.25, 0.3) is 0 Å². The van der Waals surface area contributed by atoms with E-state index in [1.165, 1.54) is 0 Å². The number of likely N-dealkylation sites (N-methyl/N-ethyl adjacent to an activating group) is 1. The molecule has 78 valence electrons. The molecule has 1 aliphatic rings. The number of ether oxygens (including phenoxy) is 1. The summed E-state index contributed by atoms with van der Waals surface area (Å²) in [5, 5.41) is 0. The molecule has 0 saturated carbocycles. The largest absolute Gasteiger partial charge is 0.374 e. The van der Waals surface area contributed by atoms with E-state index < -0.39 is 0 Å². The summed E-state index contributed by atoms with van der Waals surface area (Å²) in [6, 6.07) is 0.286. The van der Waals surface area contributed by atoms with Crippen LogP contribution in [0.2, 0.25) is 0 Å². The second-order valence-electron chi connectivity index (χ2n) is 3.48. The molecular formula is C9H21N3O. The first kappa shape index (κ1) is 10.9. The van der Waals surface area contributed by atoms with Gasteiger partial charge in [0.2, 0.25) is 0 Å². The molecule has 1 saturated heterocycles. The molecule has 0 radical (unpaired) electrons. The molecule has 1 fully saturated rings. The van der Waals surface area contributed by atoms with Gasteiger partial charge in [-0.15, -0.1) is 0 Å². The summed E-state index contributed by atoms with van der Waals surface area (Å²) in [5.41, 5.74) is 2.81.